The minimum Gasteiger partial charge on any atom is -0.395 e. The van der Waals surface area contributed by atoms with Crippen molar-refractivity contribution in [1.29, 1.82) is 0 Å². The van der Waals surface area contributed by atoms with Gasteiger partial charge in [-0.15, -0.1) is 0 Å². The van der Waals surface area contributed by atoms with Gasteiger partial charge < -0.3 is 15.4 Å². The monoisotopic (exact) mass is 429 g/mol. The SMILES string of the molecule is O=C(NCCO)c1[nH]c2ccc(Br)cc2c1S(=O)(=O)N1CCCCC1. The highest BCUT2D eigenvalue weighted by molar-refractivity contribution is 9.10. The molecule has 1 amide bonds. The molecule has 3 rings (SSSR count). The van der Waals surface area contributed by atoms with Crippen LogP contribution in [0.4, 0.5) is 0 Å². The van der Waals surface area contributed by atoms with Crippen LogP contribution in [0.15, 0.2) is 27.6 Å². The van der Waals surface area contributed by atoms with Crippen molar-refractivity contribution in [2.24, 2.45) is 0 Å². The number of sulfonamides is 1. The summed E-state index contributed by atoms with van der Waals surface area (Å²) in [7, 11) is -3.80. The molecule has 0 saturated carbocycles. The summed E-state index contributed by atoms with van der Waals surface area (Å²) in [6.07, 6.45) is 2.64. The van der Waals surface area contributed by atoms with Gasteiger partial charge in [0.2, 0.25) is 10.0 Å². The molecule has 2 heterocycles. The van der Waals surface area contributed by atoms with Crippen LogP contribution >= 0.6 is 15.9 Å². The fraction of sp³-hybridized carbons (Fsp3) is 0.438. The van der Waals surface area contributed by atoms with Crippen molar-refractivity contribution in [2.75, 3.05) is 26.2 Å². The third-order valence-electron chi connectivity index (χ3n) is 4.25. The van der Waals surface area contributed by atoms with Crippen LogP contribution in [0.5, 0.6) is 0 Å². The van der Waals surface area contributed by atoms with Crippen LogP contribution in [0.25, 0.3) is 10.9 Å². The van der Waals surface area contributed by atoms with Crippen LogP contribution < -0.4 is 5.32 Å². The number of aromatic amines is 1. The number of hydrogen-bond donors (Lipinski definition) is 3. The Kier molecular flexibility index (Phi) is 5.47. The van der Waals surface area contributed by atoms with Crippen LogP contribution in [0, 0.1) is 0 Å². The third kappa shape index (κ3) is 3.59. The number of rotatable bonds is 5. The average Bonchev–Trinajstić information content (AvgIpc) is 2.99. The summed E-state index contributed by atoms with van der Waals surface area (Å²) in [4.78, 5) is 15.4. The van der Waals surface area contributed by atoms with Gasteiger partial charge in [0, 0.05) is 35.0 Å². The summed E-state index contributed by atoms with van der Waals surface area (Å²) in [6.45, 7) is 0.758. The van der Waals surface area contributed by atoms with Crippen molar-refractivity contribution < 1.29 is 18.3 Å². The topological polar surface area (TPSA) is 102 Å². The zero-order valence-electron chi connectivity index (χ0n) is 13.6. The molecule has 25 heavy (non-hydrogen) atoms. The van der Waals surface area contributed by atoms with Gasteiger partial charge in [0.1, 0.15) is 10.6 Å². The number of benzene rings is 1. The van der Waals surface area contributed by atoms with Crippen molar-refractivity contribution >= 4 is 42.8 Å². The van der Waals surface area contributed by atoms with E-state index in [9.17, 15) is 13.2 Å². The first-order valence-corrected chi connectivity index (χ1v) is 10.4. The summed E-state index contributed by atoms with van der Waals surface area (Å²) in [5.41, 5.74) is 0.583. The molecule has 2 aromatic rings. The molecule has 136 valence electrons. The Morgan fingerprint density at radius 3 is 2.68 bits per heavy atom. The minimum absolute atomic E-state index is 0.00106. The molecule has 9 heteroatoms. The zero-order valence-corrected chi connectivity index (χ0v) is 16.0. The standard InChI is InChI=1S/C16H20BrN3O4S/c17-11-4-5-13-12(10-11)15(14(19-13)16(22)18-6-9-21)25(23,24)20-7-2-1-3-8-20/h4-5,10,19,21H,1-3,6-9H2,(H,18,22). The lowest BCUT2D eigenvalue weighted by Crippen LogP contribution is -2.37. The summed E-state index contributed by atoms with van der Waals surface area (Å²) >= 11 is 3.36. The second kappa shape index (κ2) is 7.45. The fourth-order valence-electron chi connectivity index (χ4n) is 3.06. The summed E-state index contributed by atoms with van der Waals surface area (Å²) in [5, 5.41) is 11.9. The molecule has 1 aliphatic heterocycles. The van der Waals surface area contributed by atoms with E-state index in [1.165, 1.54) is 4.31 Å². The Hall–Kier alpha value is -1.42. The lowest BCUT2D eigenvalue weighted by Gasteiger charge is -2.26. The van der Waals surface area contributed by atoms with Crippen molar-refractivity contribution in [3.8, 4) is 0 Å². The molecule has 7 nitrogen and oxygen atoms in total. The predicted octanol–water partition coefficient (Wildman–Crippen LogP) is 1.83. The number of halogens is 1. The van der Waals surface area contributed by atoms with E-state index in [-0.39, 0.29) is 23.7 Å². The van der Waals surface area contributed by atoms with Gasteiger partial charge in [-0.25, -0.2) is 8.42 Å². The van der Waals surface area contributed by atoms with Gasteiger partial charge in [0.25, 0.3) is 5.91 Å². The maximum Gasteiger partial charge on any atom is 0.269 e. The molecule has 1 saturated heterocycles. The van der Waals surface area contributed by atoms with Crippen molar-refractivity contribution in [3.63, 3.8) is 0 Å². The highest BCUT2D eigenvalue weighted by atomic mass is 79.9. The van der Waals surface area contributed by atoms with Crippen molar-refractivity contribution in [2.45, 2.75) is 24.2 Å². The molecule has 0 radical (unpaired) electrons. The number of aliphatic hydroxyl groups is 1. The smallest absolute Gasteiger partial charge is 0.269 e. The number of nitrogens with zero attached hydrogens (tertiary/aromatic N) is 1. The van der Waals surface area contributed by atoms with E-state index >= 15 is 0 Å². The molecule has 1 aromatic heterocycles. The molecule has 0 unspecified atom stereocenters. The quantitative estimate of drug-likeness (QED) is 0.674. The number of hydrogen-bond acceptors (Lipinski definition) is 4. The predicted molar refractivity (Wildman–Crippen MR) is 98.0 cm³/mol. The lowest BCUT2D eigenvalue weighted by molar-refractivity contribution is 0.0937. The number of fused-ring (bicyclic) bond motifs is 1. The van der Waals surface area contributed by atoms with Gasteiger partial charge in [-0.2, -0.15) is 4.31 Å². The van der Waals surface area contributed by atoms with E-state index in [0.29, 0.717) is 24.0 Å². The Balaban J connectivity index is 2.16. The molecular weight excluding hydrogens is 410 g/mol. The highest BCUT2D eigenvalue weighted by Crippen LogP contribution is 2.32. The van der Waals surface area contributed by atoms with Crippen LogP contribution in [0.1, 0.15) is 29.8 Å². The molecule has 1 aliphatic rings. The average molecular weight is 430 g/mol. The number of carbonyl (C=O) groups is 1. The van der Waals surface area contributed by atoms with Gasteiger partial charge in [-0.3, -0.25) is 4.79 Å². The number of aliphatic hydroxyl groups excluding tert-OH is 1. The highest BCUT2D eigenvalue weighted by Gasteiger charge is 2.33. The number of carbonyl (C=O) groups excluding carboxylic acids is 1. The number of aromatic nitrogens is 1. The normalized spacial score (nSPS) is 16.2. The van der Waals surface area contributed by atoms with Gasteiger partial charge >= 0.3 is 0 Å². The largest absolute Gasteiger partial charge is 0.395 e. The molecule has 0 atom stereocenters. The minimum atomic E-state index is -3.80. The van der Waals surface area contributed by atoms with Crippen LogP contribution in [0.3, 0.4) is 0 Å². The molecule has 1 aromatic carbocycles. The third-order valence-corrected chi connectivity index (χ3v) is 6.73. The molecule has 0 bridgehead atoms. The number of H-pyrrole nitrogens is 1. The maximum atomic E-state index is 13.2. The van der Waals surface area contributed by atoms with Gasteiger partial charge in [0.15, 0.2) is 0 Å². The fourth-order valence-corrected chi connectivity index (χ4v) is 5.27. The first-order chi connectivity index (χ1) is 11.9. The number of amides is 1. The first kappa shape index (κ1) is 18.4. The van der Waals surface area contributed by atoms with E-state index in [0.717, 1.165) is 23.7 Å². The van der Waals surface area contributed by atoms with Gasteiger partial charge in [0.05, 0.1) is 6.61 Å². The zero-order chi connectivity index (χ0) is 18.0. The van der Waals surface area contributed by atoms with E-state index in [2.05, 4.69) is 26.2 Å². The van der Waals surface area contributed by atoms with E-state index in [1.54, 1.807) is 18.2 Å². The van der Waals surface area contributed by atoms with Crippen molar-refractivity contribution in [1.82, 2.24) is 14.6 Å². The van der Waals surface area contributed by atoms with E-state index in [1.807, 2.05) is 0 Å². The van der Waals surface area contributed by atoms with Crippen LogP contribution in [-0.4, -0.2) is 55.0 Å². The van der Waals surface area contributed by atoms with E-state index < -0.39 is 15.9 Å². The number of piperidine rings is 1. The van der Waals surface area contributed by atoms with Crippen LogP contribution in [0.2, 0.25) is 0 Å². The lowest BCUT2D eigenvalue weighted by atomic mass is 10.2. The Morgan fingerprint density at radius 1 is 1.28 bits per heavy atom. The first-order valence-electron chi connectivity index (χ1n) is 8.15. The Morgan fingerprint density at radius 2 is 2.00 bits per heavy atom. The molecule has 3 N–H and O–H groups in total. The van der Waals surface area contributed by atoms with Gasteiger partial charge in [-0.1, -0.05) is 22.4 Å². The molecule has 0 spiro atoms. The Bertz CT molecular complexity index is 888. The maximum absolute atomic E-state index is 13.2. The summed E-state index contributed by atoms with van der Waals surface area (Å²) in [5.74, 6) is -0.544. The summed E-state index contributed by atoms with van der Waals surface area (Å²) < 4.78 is 28.6. The van der Waals surface area contributed by atoms with E-state index in [4.69, 9.17) is 5.11 Å². The molecule has 1 fully saturated rings. The second-order valence-corrected chi connectivity index (χ2v) is 8.75. The van der Waals surface area contributed by atoms with Crippen molar-refractivity contribution in [3.05, 3.63) is 28.4 Å². The summed E-state index contributed by atoms with van der Waals surface area (Å²) in [6, 6.07) is 5.22. The molecular formula is C16H20BrN3O4S. The molecule has 0 aliphatic carbocycles. The second-order valence-electron chi connectivity index (χ2n) is 5.96. The van der Waals surface area contributed by atoms with Crippen LogP contribution in [-0.2, 0) is 10.0 Å². The van der Waals surface area contributed by atoms with Gasteiger partial charge in [-0.05, 0) is 31.0 Å². The Labute approximate surface area is 154 Å². The number of nitrogens with one attached hydrogen (secondary N) is 2.